The highest BCUT2D eigenvalue weighted by Gasteiger charge is 2.06. The lowest BCUT2D eigenvalue weighted by molar-refractivity contribution is -0.139. The van der Waals surface area contributed by atoms with Gasteiger partial charge in [0.2, 0.25) is 0 Å². The van der Waals surface area contributed by atoms with E-state index in [0.29, 0.717) is 0 Å². The van der Waals surface area contributed by atoms with Crippen LogP contribution in [0, 0.1) is 11.3 Å². The number of hydrogen-bond acceptors (Lipinski definition) is 5. The van der Waals surface area contributed by atoms with Gasteiger partial charge in [0.05, 0.1) is 18.2 Å². The van der Waals surface area contributed by atoms with Gasteiger partial charge < -0.3 is 9.47 Å². The van der Waals surface area contributed by atoms with Gasteiger partial charge in [-0.05, 0) is 13.8 Å². The summed E-state index contributed by atoms with van der Waals surface area (Å²) in [6.07, 6.45) is 0.643. The van der Waals surface area contributed by atoms with Crippen LogP contribution in [0.2, 0.25) is 0 Å². The molecule has 0 spiro atoms. The summed E-state index contributed by atoms with van der Waals surface area (Å²) in [6.45, 7) is 3.39. The quantitative estimate of drug-likeness (QED) is 0.380. The molecule has 0 aromatic rings. The van der Waals surface area contributed by atoms with E-state index in [0.717, 1.165) is 6.26 Å². The minimum atomic E-state index is -0.698. The van der Waals surface area contributed by atoms with E-state index in [4.69, 9.17) is 5.26 Å². The Kier molecular flexibility index (Phi) is 5.79. The SMILES string of the molecule is CCOC(=O)C(C)=COC(=O)CC#N. The molecule has 0 amide bonds. The van der Waals surface area contributed by atoms with E-state index in [2.05, 4.69) is 9.47 Å². The highest BCUT2D eigenvalue weighted by atomic mass is 16.5. The maximum Gasteiger partial charge on any atom is 0.336 e. The Balaban J connectivity index is 4.06. The first-order valence-electron chi connectivity index (χ1n) is 4.02. The van der Waals surface area contributed by atoms with Crippen LogP contribution in [-0.2, 0) is 19.1 Å². The molecule has 0 aromatic carbocycles. The van der Waals surface area contributed by atoms with Gasteiger partial charge in [0.15, 0.2) is 0 Å². The van der Waals surface area contributed by atoms with Crippen molar-refractivity contribution in [2.45, 2.75) is 20.3 Å². The lowest BCUT2D eigenvalue weighted by atomic mass is 10.3. The van der Waals surface area contributed by atoms with Gasteiger partial charge in [0.25, 0.3) is 0 Å². The van der Waals surface area contributed by atoms with Gasteiger partial charge in [0, 0.05) is 0 Å². The summed E-state index contributed by atoms with van der Waals surface area (Å²) >= 11 is 0. The van der Waals surface area contributed by atoms with Crippen molar-refractivity contribution < 1.29 is 19.1 Å². The van der Waals surface area contributed by atoms with E-state index in [1.807, 2.05) is 0 Å². The molecule has 0 radical (unpaired) electrons. The van der Waals surface area contributed by atoms with E-state index >= 15 is 0 Å². The number of carbonyl (C=O) groups is 2. The molecule has 0 atom stereocenters. The van der Waals surface area contributed by atoms with Crippen LogP contribution in [0.3, 0.4) is 0 Å². The first-order valence-corrected chi connectivity index (χ1v) is 4.02. The van der Waals surface area contributed by atoms with Crippen molar-refractivity contribution in [3.05, 3.63) is 11.8 Å². The van der Waals surface area contributed by atoms with E-state index < -0.39 is 11.9 Å². The third-order valence-electron chi connectivity index (χ3n) is 1.19. The van der Waals surface area contributed by atoms with Gasteiger partial charge in [-0.15, -0.1) is 0 Å². The average Bonchev–Trinajstić information content (AvgIpc) is 2.15. The van der Waals surface area contributed by atoms with Crippen LogP contribution in [0.1, 0.15) is 20.3 Å². The molecule has 0 aromatic heterocycles. The van der Waals surface area contributed by atoms with Crippen LogP contribution in [0.5, 0.6) is 0 Å². The van der Waals surface area contributed by atoms with Crippen LogP contribution in [0.25, 0.3) is 0 Å². The summed E-state index contributed by atoms with van der Waals surface area (Å²) in [5.41, 5.74) is 0.179. The van der Waals surface area contributed by atoms with Crippen molar-refractivity contribution in [3.63, 3.8) is 0 Å². The van der Waals surface area contributed by atoms with Gasteiger partial charge in [-0.1, -0.05) is 0 Å². The lowest BCUT2D eigenvalue weighted by Gasteiger charge is -2.00. The number of hydrogen-bond donors (Lipinski definition) is 0. The molecule has 76 valence electrons. The van der Waals surface area contributed by atoms with Crippen LogP contribution >= 0.6 is 0 Å². The maximum absolute atomic E-state index is 11.0. The highest BCUT2D eigenvalue weighted by Crippen LogP contribution is 1.98. The molecule has 0 unspecified atom stereocenters. The van der Waals surface area contributed by atoms with Gasteiger partial charge in [-0.2, -0.15) is 5.26 Å². The van der Waals surface area contributed by atoms with Gasteiger partial charge in [-0.25, -0.2) is 4.79 Å². The van der Waals surface area contributed by atoms with E-state index in [1.165, 1.54) is 6.92 Å². The zero-order chi connectivity index (χ0) is 11.0. The minimum absolute atomic E-state index is 0.179. The summed E-state index contributed by atoms with van der Waals surface area (Å²) in [7, 11) is 0. The van der Waals surface area contributed by atoms with E-state index in [1.54, 1.807) is 13.0 Å². The van der Waals surface area contributed by atoms with Crippen LogP contribution in [0.4, 0.5) is 0 Å². The molecule has 0 bridgehead atoms. The first-order chi connectivity index (χ1) is 6.61. The number of esters is 2. The fourth-order valence-electron chi connectivity index (χ4n) is 0.553. The smallest absolute Gasteiger partial charge is 0.336 e. The molecule has 0 N–H and O–H groups in total. The maximum atomic E-state index is 11.0. The lowest BCUT2D eigenvalue weighted by Crippen LogP contribution is -2.07. The van der Waals surface area contributed by atoms with Crippen LogP contribution in [-0.4, -0.2) is 18.5 Å². The van der Waals surface area contributed by atoms with Crippen LogP contribution < -0.4 is 0 Å². The summed E-state index contributed by atoms with van der Waals surface area (Å²) in [6, 6.07) is 1.63. The Morgan fingerprint density at radius 1 is 1.50 bits per heavy atom. The molecule has 0 fully saturated rings. The Hall–Kier alpha value is -1.83. The molecular formula is C9H11NO4. The zero-order valence-electron chi connectivity index (χ0n) is 8.07. The Morgan fingerprint density at radius 3 is 2.64 bits per heavy atom. The second-order valence-corrected chi connectivity index (χ2v) is 2.35. The fourth-order valence-corrected chi connectivity index (χ4v) is 0.553. The summed E-state index contributed by atoms with van der Waals surface area (Å²) in [5.74, 6) is -1.24. The van der Waals surface area contributed by atoms with Crippen molar-refractivity contribution in [2.75, 3.05) is 6.61 Å². The number of carbonyl (C=O) groups excluding carboxylic acids is 2. The number of ether oxygens (including phenoxy) is 2. The van der Waals surface area contributed by atoms with Crippen molar-refractivity contribution in [2.24, 2.45) is 0 Å². The topological polar surface area (TPSA) is 76.4 Å². The first kappa shape index (κ1) is 12.2. The molecule has 14 heavy (non-hydrogen) atoms. The monoisotopic (exact) mass is 197 g/mol. The highest BCUT2D eigenvalue weighted by molar-refractivity contribution is 5.87. The molecule has 0 aliphatic heterocycles. The molecule has 0 saturated carbocycles. The molecular weight excluding hydrogens is 186 g/mol. The van der Waals surface area contributed by atoms with Gasteiger partial charge >= 0.3 is 11.9 Å². The fraction of sp³-hybridized carbons (Fsp3) is 0.444. The predicted octanol–water partition coefficient (Wildman–Crippen LogP) is 0.910. The summed E-state index contributed by atoms with van der Waals surface area (Å²) < 4.78 is 9.12. The minimum Gasteiger partial charge on any atom is -0.463 e. The largest absolute Gasteiger partial charge is 0.463 e. The zero-order valence-corrected chi connectivity index (χ0v) is 8.07. The average molecular weight is 197 g/mol. The van der Waals surface area contributed by atoms with Gasteiger partial charge in [0.1, 0.15) is 12.7 Å². The van der Waals surface area contributed by atoms with Crippen LogP contribution in [0.15, 0.2) is 11.8 Å². The number of nitrogens with zero attached hydrogens (tertiary/aromatic N) is 1. The molecule has 0 rings (SSSR count). The van der Waals surface area contributed by atoms with Gasteiger partial charge in [-0.3, -0.25) is 4.79 Å². The standard InChI is InChI=1S/C9H11NO4/c1-3-13-9(12)7(2)6-14-8(11)4-5-10/h6H,3-4H2,1-2H3. The molecule has 5 heteroatoms. The third kappa shape index (κ3) is 4.93. The molecule has 0 aliphatic carbocycles. The number of nitriles is 1. The molecule has 0 heterocycles. The summed E-state index contributed by atoms with van der Waals surface area (Å²) in [5, 5.41) is 8.13. The van der Waals surface area contributed by atoms with Crippen molar-refractivity contribution in [3.8, 4) is 6.07 Å². The molecule has 0 aliphatic rings. The van der Waals surface area contributed by atoms with E-state index in [9.17, 15) is 9.59 Å². The van der Waals surface area contributed by atoms with E-state index in [-0.39, 0.29) is 18.6 Å². The third-order valence-corrected chi connectivity index (χ3v) is 1.19. The van der Waals surface area contributed by atoms with Crippen molar-refractivity contribution >= 4 is 11.9 Å². The number of rotatable bonds is 4. The Labute approximate surface area is 81.9 Å². The van der Waals surface area contributed by atoms with Crippen molar-refractivity contribution in [1.82, 2.24) is 0 Å². The molecule has 5 nitrogen and oxygen atoms in total. The summed E-state index contributed by atoms with van der Waals surface area (Å²) in [4.78, 5) is 21.7. The predicted molar refractivity (Wildman–Crippen MR) is 46.7 cm³/mol. The van der Waals surface area contributed by atoms with Crippen molar-refractivity contribution in [1.29, 1.82) is 5.26 Å². The Morgan fingerprint density at radius 2 is 2.14 bits per heavy atom. The second-order valence-electron chi connectivity index (χ2n) is 2.35. The second kappa shape index (κ2) is 6.66. The Bertz CT molecular complexity index is 288. The molecule has 0 saturated heterocycles. The normalized spacial score (nSPS) is 10.2.